The van der Waals surface area contributed by atoms with Crippen LogP contribution < -0.4 is 4.90 Å². The maximum Gasteiger partial charge on any atom is 0.233 e. The lowest BCUT2D eigenvalue weighted by molar-refractivity contribution is -0.128. The van der Waals surface area contributed by atoms with Gasteiger partial charge in [-0.25, -0.2) is 0 Å². The average molecular weight is 429 g/mol. The van der Waals surface area contributed by atoms with E-state index in [2.05, 4.69) is 20.4 Å². The third kappa shape index (κ3) is 4.54. The van der Waals surface area contributed by atoms with Crippen LogP contribution in [-0.4, -0.2) is 62.9 Å². The minimum Gasteiger partial charge on any atom is -0.368 e. The van der Waals surface area contributed by atoms with E-state index in [9.17, 15) is 4.79 Å². The molecule has 1 aliphatic rings. The number of tetrazole rings is 1. The smallest absolute Gasteiger partial charge is 0.233 e. The lowest BCUT2D eigenvalue weighted by atomic mass is 10.2. The molecule has 1 aliphatic heterocycles. The first-order valence-electron chi connectivity index (χ1n) is 9.37. The third-order valence-electron chi connectivity index (χ3n) is 4.92. The van der Waals surface area contributed by atoms with Crippen LogP contribution in [0.2, 0.25) is 5.02 Å². The first-order valence-corrected chi connectivity index (χ1v) is 10.7. The molecule has 2 heterocycles. The molecule has 2 aromatic carbocycles. The Balaban J connectivity index is 1.34. The van der Waals surface area contributed by atoms with Crippen LogP contribution in [0.1, 0.15) is 5.56 Å². The van der Waals surface area contributed by atoms with Gasteiger partial charge in [-0.2, -0.15) is 4.68 Å². The predicted molar refractivity (Wildman–Crippen MR) is 115 cm³/mol. The van der Waals surface area contributed by atoms with Crippen molar-refractivity contribution in [3.63, 3.8) is 0 Å². The number of aryl methyl sites for hydroxylation is 1. The highest BCUT2D eigenvalue weighted by Crippen LogP contribution is 2.23. The van der Waals surface area contributed by atoms with Crippen LogP contribution in [-0.2, 0) is 4.79 Å². The third-order valence-corrected chi connectivity index (χ3v) is 6.05. The van der Waals surface area contributed by atoms with E-state index >= 15 is 0 Å². The second kappa shape index (κ2) is 8.84. The zero-order valence-electron chi connectivity index (χ0n) is 16.0. The number of piperazine rings is 1. The molecule has 7 nitrogen and oxygen atoms in total. The van der Waals surface area contributed by atoms with Crippen molar-refractivity contribution < 1.29 is 4.79 Å². The van der Waals surface area contributed by atoms with Gasteiger partial charge in [0.25, 0.3) is 0 Å². The van der Waals surface area contributed by atoms with Gasteiger partial charge in [0.15, 0.2) is 0 Å². The molecule has 1 fully saturated rings. The van der Waals surface area contributed by atoms with E-state index in [1.54, 1.807) is 4.68 Å². The van der Waals surface area contributed by atoms with Crippen molar-refractivity contribution in [3.05, 3.63) is 59.1 Å². The summed E-state index contributed by atoms with van der Waals surface area (Å²) >= 11 is 7.45. The molecule has 1 saturated heterocycles. The number of carbonyl (C=O) groups is 1. The SMILES string of the molecule is Cc1ccccc1-n1nnnc1SCC(=O)N1CCN(c2cccc(Cl)c2)CC1. The summed E-state index contributed by atoms with van der Waals surface area (Å²) in [6, 6.07) is 15.7. The molecule has 0 radical (unpaired) electrons. The first kappa shape index (κ1) is 19.7. The Kier molecular flexibility index (Phi) is 6.01. The normalized spacial score (nSPS) is 14.3. The minimum absolute atomic E-state index is 0.0973. The van der Waals surface area contributed by atoms with E-state index in [1.807, 2.05) is 60.4 Å². The number of carbonyl (C=O) groups excluding carboxylic acids is 1. The molecule has 1 aromatic heterocycles. The number of hydrogen-bond donors (Lipinski definition) is 0. The van der Waals surface area contributed by atoms with Crippen molar-refractivity contribution in [1.82, 2.24) is 25.1 Å². The number of amides is 1. The molecule has 9 heteroatoms. The van der Waals surface area contributed by atoms with E-state index in [0.29, 0.717) is 24.0 Å². The number of nitrogens with zero attached hydrogens (tertiary/aromatic N) is 6. The van der Waals surface area contributed by atoms with E-state index < -0.39 is 0 Å². The number of hydrogen-bond acceptors (Lipinski definition) is 6. The van der Waals surface area contributed by atoms with Gasteiger partial charge in [0, 0.05) is 36.9 Å². The number of benzene rings is 2. The Labute approximate surface area is 178 Å². The first-order chi connectivity index (χ1) is 14.1. The zero-order chi connectivity index (χ0) is 20.2. The lowest BCUT2D eigenvalue weighted by Gasteiger charge is -2.36. The van der Waals surface area contributed by atoms with Gasteiger partial charge >= 0.3 is 0 Å². The lowest BCUT2D eigenvalue weighted by Crippen LogP contribution is -2.49. The van der Waals surface area contributed by atoms with E-state index in [0.717, 1.165) is 35.1 Å². The maximum absolute atomic E-state index is 12.7. The molecule has 3 aromatic rings. The van der Waals surface area contributed by atoms with Crippen molar-refractivity contribution in [2.24, 2.45) is 0 Å². The maximum atomic E-state index is 12.7. The Morgan fingerprint density at radius 3 is 2.66 bits per heavy atom. The number of thioether (sulfide) groups is 1. The van der Waals surface area contributed by atoms with Crippen LogP contribution >= 0.6 is 23.4 Å². The molecule has 0 spiro atoms. The summed E-state index contributed by atoms with van der Waals surface area (Å²) in [6.45, 7) is 4.97. The van der Waals surface area contributed by atoms with Gasteiger partial charge < -0.3 is 9.80 Å². The molecular weight excluding hydrogens is 408 g/mol. The Morgan fingerprint density at radius 2 is 1.90 bits per heavy atom. The predicted octanol–water partition coefficient (Wildman–Crippen LogP) is 3.07. The highest BCUT2D eigenvalue weighted by Gasteiger charge is 2.22. The Hall–Kier alpha value is -2.58. The quantitative estimate of drug-likeness (QED) is 0.582. The van der Waals surface area contributed by atoms with Crippen molar-refractivity contribution in [3.8, 4) is 5.69 Å². The Bertz CT molecular complexity index is 1000. The second-order valence-electron chi connectivity index (χ2n) is 6.80. The number of rotatable bonds is 5. The number of anilines is 1. The standard InChI is InChI=1S/C20H21ClN6OS/c1-15-5-2-3-8-18(15)27-20(22-23-24-27)29-14-19(28)26-11-9-25(10-12-26)17-7-4-6-16(21)13-17/h2-8,13H,9-12,14H2,1H3. The second-order valence-corrected chi connectivity index (χ2v) is 8.18. The largest absolute Gasteiger partial charge is 0.368 e. The molecule has 150 valence electrons. The molecular formula is C20H21ClN6OS. The van der Waals surface area contributed by atoms with Crippen molar-refractivity contribution in [2.45, 2.75) is 12.1 Å². The van der Waals surface area contributed by atoms with Gasteiger partial charge in [-0.3, -0.25) is 4.79 Å². The van der Waals surface area contributed by atoms with Crippen LogP contribution in [0.25, 0.3) is 5.69 Å². The molecule has 0 saturated carbocycles. The summed E-state index contributed by atoms with van der Waals surface area (Å²) < 4.78 is 1.68. The average Bonchev–Trinajstić information content (AvgIpc) is 3.21. The highest BCUT2D eigenvalue weighted by atomic mass is 35.5. The van der Waals surface area contributed by atoms with Crippen LogP contribution in [0.5, 0.6) is 0 Å². The molecule has 0 N–H and O–H groups in total. The fourth-order valence-corrected chi connectivity index (χ4v) is 4.30. The molecule has 0 bridgehead atoms. The number of para-hydroxylation sites is 1. The van der Waals surface area contributed by atoms with Crippen LogP contribution in [0, 0.1) is 6.92 Å². The van der Waals surface area contributed by atoms with Gasteiger partial charge in [-0.15, -0.1) is 5.10 Å². The van der Waals surface area contributed by atoms with Crippen LogP contribution in [0.4, 0.5) is 5.69 Å². The van der Waals surface area contributed by atoms with Crippen LogP contribution in [0.15, 0.2) is 53.7 Å². The number of aromatic nitrogens is 4. The highest BCUT2D eigenvalue weighted by molar-refractivity contribution is 7.99. The summed E-state index contributed by atoms with van der Waals surface area (Å²) in [5, 5.41) is 13.3. The van der Waals surface area contributed by atoms with Gasteiger partial charge in [0.2, 0.25) is 11.1 Å². The van der Waals surface area contributed by atoms with E-state index in [-0.39, 0.29) is 5.91 Å². The van der Waals surface area contributed by atoms with Crippen LogP contribution in [0.3, 0.4) is 0 Å². The van der Waals surface area contributed by atoms with E-state index in [4.69, 9.17) is 11.6 Å². The minimum atomic E-state index is 0.0973. The summed E-state index contributed by atoms with van der Waals surface area (Å²) in [7, 11) is 0. The molecule has 0 unspecified atom stereocenters. The fourth-order valence-electron chi connectivity index (χ4n) is 3.33. The summed E-state index contributed by atoms with van der Waals surface area (Å²) in [5.74, 6) is 0.406. The van der Waals surface area contributed by atoms with Gasteiger partial charge in [-0.1, -0.05) is 47.6 Å². The zero-order valence-corrected chi connectivity index (χ0v) is 17.6. The summed E-state index contributed by atoms with van der Waals surface area (Å²) in [6.07, 6.45) is 0. The van der Waals surface area contributed by atoms with Crippen molar-refractivity contribution >= 4 is 35.0 Å². The number of halogens is 1. The summed E-state index contributed by atoms with van der Waals surface area (Å²) in [4.78, 5) is 16.8. The fraction of sp³-hybridized carbons (Fsp3) is 0.300. The van der Waals surface area contributed by atoms with Crippen molar-refractivity contribution in [1.29, 1.82) is 0 Å². The van der Waals surface area contributed by atoms with Gasteiger partial charge in [-0.05, 0) is 47.2 Å². The topological polar surface area (TPSA) is 67.2 Å². The van der Waals surface area contributed by atoms with Crippen molar-refractivity contribution in [2.75, 3.05) is 36.8 Å². The molecule has 29 heavy (non-hydrogen) atoms. The van der Waals surface area contributed by atoms with Gasteiger partial charge in [0.1, 0.15) is 0 Å². The molecule has 0 atom stereocenters. The Morgan fingerprint density at radius 1 is 1.10 bits per heavy atom. The molecule has 0 aliphatic carbocycles. The molecule has 4 rings (SSSR count). The molecule has 1 amide bonds. The van der Waals surface area contributed by atoms with E-state index in [1.165, 1.54) is 11.8 Å². The monoisotopic (exact) mass is 428 g/mol. The summed E-state index contributed by atoms with van der Waals surface area (Å²) in [5.41, 5.74) is 3.09. The van der Waals surface area contributed by atoms with Gasteiger partial charge in [0.05, 0.1) is 11.4 Å².